The monoisotopic (exact) mass is 287 g/mol. The molecule has 2 rings (SSSR count). The zero-order valence-electron chi connectivity index (χ0n) is 11.8. The van der Waals surface area contributed by atoms with E-state index in [0.29, 0.717) is 31.0 Å². The zero-order valence-corrected chi connectivity index (χ0v) is 11.8. The van der Waals surface area contributed by atoms with Gasteiger partial charge in [-0.3, -0.25) is 9.59 Å². The molecule has 0 fully saturated rings. The summed E-state index contributed by atoms with van der Waals surface area (Å²) in [5.74, 6) is 0.0645. The second kappa shape index (κ2) is 7.23. The molecule has 21 heavy (non-hydrogen) atoms. The molecule has 1 N–H and O–H groups in total. The molecule has 0 radical (unpaired) electrons. The van der Waals surface area contributed by atoms with Crippen LogP contribution in [0.3, 0.4) is 0 Å². The molecule has 6 heteroatoms. The highest BCUT2D eigenvalue weighted by Crippen LogP contribution is 2.12. The van der Waals surface area contributed by atoms with Crippen LogP contribution in [-0.4, -0.2) is 29.1 Å². The number of pyridine rings is 2. The van der Waals surface area contributed by atoms with Gasteiger partial charge in [0, 0.05) is 31.5 Å². The van der Waals surface area contributed by atoms with Crippen molar-refractivity contribution < 1.29 is 9.53 Å². The summed E-state index contributed by atoms with van der Waals surface area (Å²) in [6, 6.07) is 8.36. The maximum Gasteiger partial charge on any atom is 0.256 e. The van der Waals surface area contributed by atoms with Crippen LogP contribution < -0.4 is 15.6 Å². The molecule has 2 heterocycles. The number of hydrogen-bond donors (Lipinski definition) is 1. The molecular weight excluding hydrogens is 270 g/mol. The Morgan fingerprint density at radius 1 is 1.33 bits per heavy atom. The van der Waals surface area contributed by atoms with E-state index in [4.69, 9.17) is 4.74 Å². The van der Waals surface area contributed by atoms with Crippen LogP contribution in [0.2, 0.25) is 0 Å². The van der Waals surface area contributed by atoms with E-state index in [2.05, 4.69) is 10.3 Å². The average molecular weight is 287 g/mol. The number of carbonyl (C=O) groups excluding carboxylic acids is 1. The average Bonchev–Trinajstić information content (AvgIpc) is 2.52. The van der Waals surface area contributed by atoms with E-state index in [0.717, 1.165) is 0 Å². The Bertz CT molecular complexity index is 667. The molecule has 1 amide bonds. The molecule has 2 aromatic heterocycles. The third kappa shape index (κ3) is 3.92. The van der Waals surface area contributed by atoms with Gasteiger partial charge >= 0.3 is 0 Å². The van der Waals surface area contributed by atoms with E-state index in [1.165, 1.54) is 13.2 Å². The van der Waals surface area contributed by atoms with Crippen LogP contribution in [0, 0.1) is 0 Å². The van der Waals surface area contributed by atoms with Crippen LogP contribution in [0.15, 0.2) is 47.5 Å². The van der Waals surface area contributed by atoms with Crippen molar-refractivity contribution in [2.75, 3.05) is 13.7 Å². The lowest BCUT2D eigenvalue weighted by Gasteiger charge is -2.08. The molecule has 0 atom stereocenters. The van der Waals surface area contributed by atoms with Gasteiger partial charge in [0.25, 0.3) is 5.91 Å². The quantitative estimate of drug-likeness (QED) is 0.807. The molecule has 0 unspecified atom stereocenters. The van der Waals surface area contributed by atoms with Crippen molar-refractivity contribution in [1.29, 1.82) is 0 Å². The Hall–Kier alpha value is -2.63. The summed E-state index contributed by atoms with van der Waals surface area (Å²) in [6.45, 7) is 1.03. The van der Waals surface area contributed by atoms with Gasteiger partial charge in [-0.15, -0.1) is 0 Å². The van der Waals surface area contributed by atoms with Crippen LogP contribution in [0.25, 0.3) is 0 Å². The molecule has 0 spiro atoms. The lowest BCUT2D eigenvalue weighted by atomic mass is 10.2. The number of hydrogen-bond acceptors (Lipinski definition) is 4. The number of rotatable bonds is 6. The minimum Gasteiger partial charge on any atom is -0.480 e. The number of amides is 1. The third-order valence-corrected chi connectivity index (χ3v) is 2.97. The van der Waals surface area contributed by atoms with E-state index in [9.17, 15) is 9.59 Å². The molecule has 0 aromatic carbocycles. The van der Waals surface area contributed by atoms with Gasteiger partial charge in [0.2, 0.25) is 11.4 Å². The first-order chi connectivity index (χ1) is 10.2. The Morgan fingerprint density at radius 3 is 2.95 bits per heavy atom. The van der Waals surface area contributed by atoms with Gasteiger partial charge in [-0.1, -0.05) is 6.07 Å². The highest BCUT2D eigenvalue weighted by molar-refractivity contribution is 5.96. The largest absolute Gasteiger partial charge is 0.480 e. The van der Waals surface area contributed by atoms with Crippen molar-refractivity contribution in [3.8, 4) is 5.88 Å². The first-order valence-corrected chi connectivity index (χ1v) is 6.65. The van der Waals surface area contributed by atoms with Crippen LogP contribution >= 0.6 is 0 Å². The van der Waals surface area contributed by atoms with Crippen molar-refractivity contribution in [3.63, 3.8) is 0 Å². The minimum absolute atomic E-state index is 0.0437. The molecule has 6 nitrogen and oxygen atoms in total. The van der Waals surface area contributed by atoms with Crippen molar-refractivity contribution >= 4 is 5.91 Å². The maximum absolute atomic E-state index is 12.0. The van der Waals surface area contributed by atoms with Gasteiger partial charge in [0.05, 0.1) is 7.11 Å². The molecule has 0 bridgehead atoms. The number of ether oxygens (including phenoxy) is 1. The topological polar surface area (TPSA) is 73.2 Å². The SMILES string of the molecule is COc1ncccc1C(=O)NCCCn1ccccc1=O. The normalized spacial score (nSPS) is 10.1. The molecule has 0 aliphatic heterocycles. The van der Waals surface area contributed by atoms with Crippen LogP contribution in [0.1, 0.15) is 16.8 Å². The third-order valence-electron chi connectivity index (χ3n) is 2.97. The fraction of sp³-hybridized carbons (Fsp3) is 0.267. The number of methoxy groups -OCH3 is 1. The van der Waals surface area contributed by atoms with Crippen molar-refractivity contribution in [2.24, 2.45) is 0 Å². The summed E-state index contributed by atoms with van der Waals surface area (Å²) < 4.78 is 6.65. The van der Waals surface area contributed by atoms with Crippen molar-refractivity contribution in [1.82, 2.24) is 14.9 Å². The second-order valence-electron chi connectivity index (χ2n) is 4.40. The lowest BCUT2D eigenvalue weighted by Crippen LogP contribution is -2.27. The Balaban J connectivity index is 1.85. The molecule has 110 valence electrons. The van der Waals surface area contributed by atoms with E-state index in [-0.39, 0.29) is 11.5 Å². The number of carbonyl (C=O) groups is 1. The predicted molar refractivity (Wildman–Crippen MR) is 78.4 cm³/mol. The van der Waals surface area contributed by atoms with Crippen LogP contribution in [0.4, 0.5) is 0 Å². The summed E-state index contributed by atoms with van der Waals surface area (Å²) in [6.07, 6.45) is 3.96. The predicted octanol–water partition coefficient (Wildman–Crippen LogP) is 1.07. The van der Waals surface area contributed by atoms with E-state index in [1.807, 2.05) is 0 Å². The molecular formula is C15H17N3O3. The Morgan fingerprint density at radius 2 is 2.19 bits per heavy atom. The molecule has 0 saturated carbocycles. The van der Waals surface area contributed by atoms with Crippen LogP contribution in [0.5, 0.6) is 5.88 Å². The first kappa shape index (κ1) is 14.8. The summed E-state index contributed by atoms with van der Waals surface area (Å²) in [7, 11) is 1.47. The first-order valence-electron chi connectivity index (χ1n) is 6.65. The smallest absolute Gasteiger partial charge is 0.256 e. The van der Waals surface area contributed by atoms with Gasteiger partial charge in [-0.25, -0.2) is 4.98 Å². The van der Waals surface area contributed by atoms with Crippen molar-refractivity contribution in [3.05, 3.63) is 58.6 Å². The van der Waals surface area contributed by atoms with E-state index < -0.39 is 0 Å². The summed E-state index contributed by atoms with van der Waals surface area (Å²) in [4.78, 5) is 27.5. The standard InChI is InChI=1S/C15H17N3O3/c1-21-15-12(6-4-8-17-15)14(20)16-9-5-11-18-10-3-2-7-13(18)19/h2-4,6-8,10H,5,9,11H2,1H3,(H,16,20). The van der Waals surface area contributed by atoms with E-state index >= 15 is 0 Å². The Kier molecular flexibility index (Phi) is 5.09. The second-order valence-corrected chi connectivity index (χ2v) is 4.40. The molecule has 0 saturated heterocycles. The highest BCUT2D eigenvalue weighted by Gasteiger charge is 2.11. The van der Waals surface area contributed by atoms with Gasteiger partial charge in [-0.2, -0.15) is 0 Å². The molecule has 0 aliphatic carbocycles. The van der Waals surface area contributed by atoms with Gasteiger partial charge in [0.1, 0.15) is 5.56 Å². The zero-order chi connectivity index (χ0) is 15.1. The number of aryl methyl sites for hydroxylation is 1. The van der Waals surface area contributed by atoms with E-state index in [1.54, 1.807) is 41.2 Å². The summed E-state index contributed by atoms with van der Waals surface area (Å²) in [5.41, 5.74) is 0.356. The minimum atomic E-state index is -0.236. The number of aromatic nitrogens is 2. The fourth-order valence-corrected chi connectivity index (χ4v) is 1.92. The van der Waals surface area contributed by atoms with Gasteiger partial charge < -0.3 is 14.6 Å². The van der Waals surface area contributed by atoms with Gasteiger partial charge in [-0.05, 0) is 24.6 Å². The van der Waals surface area contributed by atoms with Gasteiger partial charge in [0.15, 0.2) is 0 Å². The Labute approximate surface area is 122 Å². The summed E-state index contributed by atoms with van der Waals surface area (Å²) in [5, 5.41) is 2.79. The number of nitrogens with one attached hydrogen (secondary N) is 1. The maximum atomic E-state index is 12.0. The van der Waals surface area contributed by atoms with Crippen molar-refractivity contribution in [2.45, 2.75) is 13.0 Å². The highest BCUT2D eigenvalue weighted by atomic mass is 16.5. The lowest BCUT2D eigenvalue weighted by molar-refractivity contribution is 0.0949. The fourth-order valence-electron chi connectivity index (χ4n) is 1.92. The summed E-state index contributed by atoms with van der Waals surface area (Å²) >= 11 is 0. The molecule has 0 aliphatic rings. The number of nitrogens with zero attached hydrogens (tertiary/aromatic N) is 2. The molecule has 2 aromatic rings. The van der Waals surface area contributed by atoms with Crippen LogP contribution in [-0.2, 0) is 6.54 Å².